The van der Waals surface area contributed by atoms with Crippen LogP contribution in [0.2, 0.25) is 0 Å². The molecule has 0 radical (unpaired) electrons. The van der Waals surface area contributed by atoms with E-state index in [1.165, 1.54) is 4.90 Å². The molecular formula is C44H62N2O10S. The van der Waals surface area contributed by atoms with E-state index in [0.29, 0.717) is 37.5 Å². The first kappa shape index (κ1) is 44.5. The van der Waals surface area contributed by atoms with E-state index in [9.17, 15) is 20.1 Å². The number of amides is 1. The number of fused-ring (bicyclic) bond motifs is 2. The zero-order chi connectivity index (χ0) is 40.5. The molecule has 314 valence electrons. The number of aliphatic hydroxyl groups is 3. The molecule has 6 atom stereocenters. The number of benzene rings is 2. The van der Waals surface area contributed by atoms with Gasteiger partial charge < -0.3 is 43.8 Å². The molecule has 1 amide bonds. The number of aliphatic hydroxyl groups excluding tert-OH is 3. The zero-order valence-electron chi connectivity index (χ0n) is 33.6. The number of nitrogens with zero attached hydrogens (tertiary/aromatic N) is 2. The van der Waals surface area contributed by atoms with E-state index in [4.69, 9.17) is 33.7 Å². The third-order valence-electron chi connectivity index (χ3n) is 10.9. The van der Waals surface area contributed by atoms with E-state index >= 15 is 0 Å². The van der Waals surface area contributed by atoms with Gasteiger partial charge in [0.25, 0.3) is 0 Å². The summed E-state index contributed by atoms with van der Waals surface area (Å²) in [6, 6.07) is 15.5. The van der Waals surface area contributed by atoms with Gasteiger partial charge in [0.2, 0.25) is 5.79 Å². The minimum atomic E-state index is -1.41. The van der Waals surface area contributed by atoms with Gasteiger partial charge in [-0.25, -0.2) is 4.79 Å². The number of unbranched alkanes of at least 4 members (excludes halogenated alkanes) is 2. The molecule has 3 N–H and O–H groups in total. The number of thioether (sulfide) groups is 1. The molecule has 0 aromatic heterocycles. The summed E-state index contributed by atoms with van der Waals surface area (Å²) in [6.07, 6.45) is 8.40. The summed E-state index contributed by atoms with van der Waals surface area (Å²) in [4.78, 5) is 22.6. The molecule has 1 heterocycles. The Morgan fingerprint density at radius 2 is 1.79 bits per heavy atom. The molecule has 2 aliphatic carbocycles. The van der Waals surface area contributed by atoms with Crippen LogP contribution in [-0.4, -0.2) is 116 Å². The number of hydrogen-bond donors (Lipinski definition) is 3. The van der Waals surface area contributed by atoms with Gasteiger partial charge in [-0.2, -0.15) is 0 Å². The van der Waals surface area contributed by atoms with Crippen molar-refractivity contribution < 1.29 is 48.6 Å². The van der Waals surface area contributed by atoms with Crippen molar-refractivity contribution in [2.24, 2.45) is 22.9 Å². The van der Waals surface area contributed by atoms with Crippen LogP contribution in [0.5, 0.6) is 11.5 Å². The Hall–Kier alpha value is -3.59. The third-order valence-corrected chi connectivity index (χ3v) is 11.9. The lowest BCUT2D eigenvalue weighted by molar-refractivity contribution is -0.256. The number of carbonyl (C=O) groups is 1. The van der Waals surface area contributed by atoms with Crippen molar-refractivity contribution in [3.05, 3.63) is 78.4 Å². The van der Waals surface area contributed by atoms with Crippen molar-refractivity contribution in [2.75, 3.05) is 71.8 Å². The average Bonchev–Trinajstić information content (AvgIpc) is 3.23. The molecule has 2 aromatic rings. The highest BCUT2D eigenvalue weighted by atomic mass is 32.2. The Labute approximate surface area is 342 Å². The quantitative estimate of drug-likeness (QED) is 0.0413. The van der Waals surface area contributed by atoms with Crippen molar-refractivity contribution in [3.63, 3.8) is 0 Å². The Kier molecular flexibility index (Phi) is 18.1. The molecule has 1 saturated carbocycles. The molecule has 1 fully saturated rings. The maximum absolute atomic E-state index is 14.0. The van der Waals surface area contributed by atoms with E-state index in [2.05, 4.69) is 30.9 Å². The number of hydrogen-bond acceptors (Lipinski definition) is 12. The fourth-order valence-electron chi connectivity index (χ4n) is 8.63. The van der Waals surface area contributed by atoms with Crippen LogP contribution in [0.25, 0.3) is 0 Å². The van der Waals surface area contributed by atoms with Crippen molar-refractivity contribution in [2.45, 2.75) is 81.4 Å². The number of ether oxygens (including phenoxy) is 5. The molecule has 13 heteroatoms. The van der Waals surface area contributed by atoms with E-state index in [0.717, 1.165) is 48.3 Å². The lowest BCUT2D eigenvalue weighted by atomic mass is 9.55. The zero-order valence-corrected chi connectivity index (χ0v) is 34.4. The van der Waals surface area contributed by atoms with Crippen molar-refractivity contribution in [3.8, 4) is 11.5 Å². The molecule has 5 rings (SSSR count). The topological polar surface area (TPSA) is 149 Å². The SMILES string of the molecule is C=CCO[C@@]12Oc3ccc(OCCSc4ccccc4)cc3[C@H]3[C@H](CCCCO)[C@@H](CCCCO)C=C(C(=NOCC)C[C@@H]1N(CCOCCO)C(=O)OCC)[C@H]32. The average molecular weight is 811 g/mol. The molecule has 0 bridgehead atoms. The number of rotatable bonds is 25. The van der Waals surface area contributed by atoms with Crippen LogP contribution in [-0.2, 0) is 19.0 Å². The Balaban J connectivity index is 1.67. The normalized spacial score (nSPS) is 24.1. The Bertz CT molecular complexity index is 1610. The highest BCUT2D eigenvalue weighted by Gasteiger charge is 2.65. The molecule has 57 heavy (non-hydrogen) atoms. The van der Waals surface area contributed by atoms with Gasteiger partial charge in [-0.3, -0.25) is 4.90 Å². The second-order valence-electron chi connectivity index (χ2n) is 14.4. The summed E-state index contributed by atoms with van der Waals surface area (Å²) in [5.74, 6) is 0.305. The lowest BCUT2D eigenvalue weighted by Crippen LogP contribution is -2.70. The number of allylic oxidation sites excluding steroid dienone is 1. The summed E-state index contributed by atoms with van der Waals surface area (Å²) in [5.41, 5.74) is 2.65. The highest BCUT2D eigenvalue weighted by molar-refractivity contribution is 7.99. The largest absolute Gasteiger partial charge is 0.493 e. The van der Waals surface area contributed by atoms with Crippen molar-refractivity contribution in [1.82, 2.24) is 4.90 Å². The second kappa shape index (κ2) is 23.1. The number of oxime groups is 1. The molecule has 2 aromatic carbocycles. The first-order chi connectivity index (χ1) is 28.0. The van der Waals surface area contributed by atoms with Gasteiger partial charge in [0, 0.05) is 48.3 Å². The first-order valence-electron chi connectivity index (χ1n) is 20.6. The first-order valence-corrected chi connectivity index (χ1v) is 21.6. The van der Waals surface area contributed by atoms with Gasteiger partial charge in [0.15, 0.2) is 0 Å². The van der Waals surface area contributed by atoms with E-state index in [1.54, 1.807) is 29.7 Å². The summed E-state index contributed by atoms with van der Waals surface area (Å²) in [5, 5.41) is 33.9. The summed E-state index contributed by atoms with van der Waals surface area (Å²) in [6.45, 7) is 9.32. The van der Waals surface area contributed by atoms with Crippen LogP contribution in [0.3, 0.4) is 0 Å². The molecular weight excluding hydrogens is 749 g/mol. The Morgan fingerprint density at radius 1 is 1.00 bits per heavy atom. The fourth-order valence-corrected chi connectivity index (χ4v) is 9.38. The third kappa shape index (κ3) is 11.1. The van der Waals surface area contributed by atoms with E-state index in [1.807, 2.05) is 37.3 Å². The molecule has 1 aliphatic heterocycles. The maximum Gasteiger partial charge on any atom is 0.410 e. The van der Waals surface area contributed by atoms with Gasteiger partial charge in [-0.15, -0.1) is 18.3 Å². The molecule has 12 nitrogen and oxygen atoms in total. The monoisotopic (exact) mass is 810 g/mol. The maximum atomic E-state index is 14.0. The highest BCUT2D eigenvalue weighted by Crippen LogP contribution is 2.62. The predicted octanol–water partition coefficient (Wildman–Crippen LogP) is 6.98. The predicted molar refractivity (Wildman–Crippen MR) is 221 cm³/mol. The van der Waals surface area contributed by atoms with Crippen LogP contribution >= 0.6 is 11.8 Å². The van der Waals surface area contributed by atoms with Crippen molar-refractivity contribution >= 4 is 23.6 Å². The molecule has 0 unspecified atom stereocenters. The lowest BCUT2D eigenvalue weighted by Gasteiger charge is -2.59. The second-order valence-corrected chi connectivity index (χ2v) is 15.6. The molecule has 3 aliphatic rings. The van der Waals surface area contributed by atoms with E-state index in [-0.39, 0.29) is 77.0 Å². The van der Waals surface area contributed by atoms with Gasteiger partial charge >= 0.3 is 6.09 Å². The van der Waals surface area contributed by atoms with Crippen molar-refractivity contribution in [1.29, 1.82) is 0 Å². The number of carbonyl (C=O) groups excluding carboxylic acids is 1. The minimum Gasteiger partial charge on any atom is -0.493 e. The summed E-state index contributed by atoms with van der Waals surface area (Å²) in [7, 11) is 0. The molecule has 0 spiro atoms. The van der Waals surface area contributed by atoms with E-state index < -0.39 is 23.8 Å². The van der Waals surface area contributed by atoms with Gasteiger partial charge in [0.1, 0.15) is 24.1 Å². The molecule has 0 saturated heterocycles. The summed E-state index contributed by atoms with van der Waals surface area (Å²) >= 11 is 1.74. The summed E-state index contributed by atoms with van der Waals surface area (Å²) < 4.78 is 32.0. The van der Waals surface area contributed by atoms with Crippen LogP contribution in [0.4, 0.5) is 4.79 Å². The van der Waals surface area contributed by atoms with Crippen LogP contribution < -0.4 is 9.47 Å². The van der Waals surface area contributed by atoms with Gasteiger partial charge in [0.05, 0.1) is 51.3 Å². The van der Waals surface area contributed by atoms with Crippen LogP contribution in [0, 0.1) is 17.8 Å². The fraction of sp³-hybridized carbons (Fsp3) is 0.591. The van der Waals surface area contributed by atoms with Gasteiger partial charge in [-0.1, -0.05) is 48.3 Å². The van der Waals surface area contributed by atoms with Crippen LogP contribution in [0.15, 0.2) is 82.9 Å². The Morgan fingerprint density at radius 3 is 2.51 bits per heavy atom. The van der Waals surface area contributed by atoms with Gasteiger partial charge in [-0.05, 0) is 87.3 Å². The smallest absolute Gasteiger partial charge is 0.410 e. The van der Waals surface area contributed by atoms with Crippen LogP contribution in [0.1, 0.15) is 70.3 Å². The standard InChI is InChI=1S/C44H62N2O10S/c1-4-24-54-44-40(46(43(50)52-5-2)20-25-51-26-23-49)31-38(45-55-6-3)36-29-32(14-10-12-21-47)35(17-11-13-22-48)41(42(36)44)37-30-33(18-19-39(37)56-44)53-27-28-57-34-15-8-7-9-16-34/h4,7-9,15-16,18-19,29-30,32,35,40-42,47-49H,1,5-6,10-14,17,20-28,31H2,2-3H3/t32-,35+,40-,41+,42+,44+/m0/s1. The minimum absolute atomic E-state index is 0.0817.